The number of fused-ring (bicyclic) bond motifs is 1. The Morgan fingerprint density at radius 1 is 0.778 bits per heavy atom. The van der Waals surface area contributed by atoms with E-state index in [1.807, 2.05) is 0 Å². The van der Waals surface area contributed by atoms with Crippen LogP contribution in [0.5, 0.6) is 11.5 Å². The van der Waals surface area contributed by atoms with E-state index >= 15 is 0 Å². The lowest BCUT2D eigenvalue weighted by atomic mass is 10.1. The third kappa shape index (κ3) is 2.99. The largest absolute Gasteiger partial charge is 0.497 e. The van der Waals surface area contributed by atoms with Crippen molar-refractivity contribution in [3.63, 3.8) is 0 Å². The predicted octanol–water partition coefficient (Wildman–Crippen LogP) is 2.32. The minimum Gasteiger partial charge on any atom is -0.497 e. The molecule has 2 amide bonds. The van der Waals surface area contributed by atoms with Crippen LogP contribution in [0.3, 0.4) is 0 Å². The van der Waals surface area contributed by atoms with Gasteiger partial charge in [0.25, 0.3) is 0 Å². The van der Waals surface area contributed by atoms with Crippen LogP contribution in [-0.4, -0.2) is 52.3 Å². The molecule has 2 aromatic rings. The first-order valence-electron chi connectivity index (χ1n) is 8.54. The fourth-order valence-corrected chi connectivity index (χ4v) is 5.71. The fourth-order valence-electron chi connectivity index (χ4n) is 3.79. The lowest BCUT2D eigenvalue weighted by molar-refractivity contribution is 0.255. The lowest BCUT2D eigenvalue weighted by Crippen LogP contribution is -2.37. The number of carbonyl (C=O) groups is 1. The molecule has 0 saturated carbocycles. The molecule has 142 valence electrons. The third-order valence-electron chi connectivity index (χ3n) is 5.07. The van der Waals surface area contributed by atoms with Crippen LogP contribution in [0, 0.1) is 0 Å². The van der Waals surface area contributed by atoms with E-state index in [1.165, 1.54) is 0 Å². The van der Waals surface area contributed by atoms with Crippen LogP contribution in [0.1, 0.15) is 0 Å². The van der Waals surface area contributed by atoms with Crippen LogP contribution < -0.4 is 19.3 Å². The summed E-state index contributed by atoms with van der Waals surface area (Å²) >= 11 is 0. The van der Waals surface area contributed by atoms with Crippen LogP contribution in [-0.2, 0) is 9.84 Å². The summed E-state index contributed by atoms with van der Waals surface area (Å²) in [5.74, 6) is 1.27. The molecule has 2 atom stereocenters. The number of ether oxygens (including phenoxy) is 2. The molecule has 2 fully saturated rings. The molecule has 27 heavy (non-hydrogen) atoms. The normalized spacial score (nSPS) is 23.4. The quantitative estimate of drug-likeness (QED) is 0.752. The van der Waals surface area contributed by atoms with Crippen molar-refractivity contribution < 1.29 is 22.7 Å². The SMILES string of the molecule is COc1ccc(N2C(=O)N(c3ccc(OC)cc3)[C@H]3CS(=O)(=O)C[C@H]32)cc1. The van der Waals surface area contributed by atoms with Crippen molar-refractivity contribution in [3.8, 4) is 11.5 Å². The second-order valence-corrected chi connectivity index (χ2v) is 8.78. The number of amides is 2. The summed E-state index contributed by atoms with van der Waals surface area (Å²) in [6.45, 7) is 0. The molecule has 2 aliphatic rings. The first kappa shape index (κ1) is 17.7. The van der Waals surface area contributed by atoms with E-state index in [9.17, 15) is 13.2 Å². The van der Waals surface area contributed by atoms with Gasteiger partial charge in [-0.05, 0) is 48.5 Å². The van der Waals surface area contributed by atoms with Gasteiger partial charge in [-0.2, -0.15) is 0 Å². The van der Waals surface area contributed by atoms with Gasteiger partial charge in [-0.1, -0.05) is 0 Å². The number of urea groups is 1. The number of rotatable bonds is 4. The number of methoxy groups -OCH3 is 2. The van der Waals surface area contributed by atoms with Crippen molar-refractivity contribution in [2.75, 3.05) is 35.5 Å². The van der Waals surface area contributed by atoms with Gasteiger partial charge in [0.2, 0.25) is 0 Å². The lowest BCUT2D eigenvalue weighted by Gasteiger charge is -2.23. The van der Waals surface area contributed by atoms with Crippen LogP contribution >= 0.6 is 0 Å². The van der Waals surface area contributed by atoms with E-state index in [-0.39, 0.29) is 17.5 Å². The van der Waals surface area contributed by atoms with Gasteiger partial charge >= 0.3 is 6.03 Å². The molecule has 0 bridgehead atoms. The monoisotopic (exact) mass is 388 g/mol. The van der Waals surface area contributed by atoms with Gasteiger partial charge in [0, 0.05) is 11.4 Å². The topological polar surface area (TPSA) is 76.2 Å². The van der Waals surface area contributed by atoms with Gasteiger partial charge in [0.05, 0.1) is 37.8 Å². The molecule has 0 unspecified atom stereocenters. The van der Waals surface area contributed by atoms with Gasteiger partial charge in [-0.15, -0.1) is 0 Å². The summed E-state index contributed by atoms with van der Waals surface area (Å²) in [5, 5.41) is 0. The Morgan fingerprint density at radius 2 is 1.15 bits per heavy atom. The highest BCUT2D eigenvalue weighted by Crippen LogP contribution is 2.38. The number of carbonyl (C=O) groups excluding carboxylic acids is 1. The smallest absolute Gasteiger partial charge is 0.329 e. The zero-order chi connectivity index (χ0) is 19.2. The number of hydrogen-bond donors (Lipinski definition) is 0. The van der Waals surface area contributed by atoms with Gasteiger partial charge in [0.1, 0.15) is 11.5 Å². The average molecular weight is 388 g/mol. The molecule has 0 aliphatic carbocycles. The highest BCUT2D eigenvalue weighted by atomic mass is 32.2. The summed E-state index contributed by atoms with van der Waals surface area (Å²) in [4.78, 5) is 16.4. The van der Waals surface area contributed by atoms with Crippen molar-refractivity contribution in [3.05, 3.63) is 48.5 Å². The summed E-state index contributed by atoms with van der Waals surface area (Å²) in [5.41, 5.74) is 1.31. The molecule has 0 radical (unpaired) electrons. The van der Waals surface area contributed by atoms with Crippen molar-refractivity contribution in [2.45, 2.75) is 12.1 Å². The second-order valence-electron chi connectivity index (χ2n) is 6.63. The fraction of sp³-hybridized carbons (Fsp3) is 0.316. The van der Waals surface area contributed by atoms with Crippen molar-refractivity contribution in [1.29, 1.82) is 0 Å². The predicted molar refractivity (Wildman–Crippen MR) is 103 cm³/mol. The van der Waals surface area contributed by atoms with E-state index in [2.05, 4.69) is 0 Å². The first-order valence-corrected chi connectivity index (χ1v) is 10.4. The average Bonchev–Trinajstić information content (AvgIpc) is 3.10. The Kier molecular flexibility index (Phi) is 4.22. The Labute approximate surface area is 158 Å². The highest BCUT2D eigenvalue weighted by molar-refractivity contribution is 7.91. The zero-order valence-electron chi connectivity index (χ0n) is 15.0. The minimum atomic E-state index is -3.22. The standard InChI is InChI=1S/C19H20N2O5S/c1-25-15-7-3-13(4-8-15)20-17-11-27(23,24)12-18(17)21(19(20)22)14-5-9-16(26-2)10-6-14/h3-10,17-18H,11-12H2,1-2H3/t17-,18+. The van der Waals surface area contributed by atoms with E-state index in [4.69, 9.17) is 9.47 Å². The van der Waals surface area contributed by atoms with Crippen LogP contribution in [0.15, 0.2) is 48.5 Å². The summed E-state index contributed by atoms with van der Waals surface area (Å²) in [6.07, 6.45) is 0. The van der Waals surface area contributed by atoms with Crippen molar-refractivity contribution in [2.24, 2.45) is 0 Å². The van der Waals surface area contributed by atoms with Crippen LogP contribution in [0.4, 0.5) is 16.2 Å². The van der Waals surface area contributed by atoms with E-state index in [0.29, 0.717) is 22.9 Å². The molecule has 0 spiro atoms. The number of sulfone groups is 1. The summed E-state index contributed by atoms with van der Waals surface area (Å²) in [7, 11) is -0.0805. The molecular weight excluding hydrogens is 368 g/mol. The summed E-state index contributed by atoms with van der Waals surface area (Å²) in [6, 6.07) is 13.1. The Bertz CT molecular complexity index is 885. The Morgan fingerprint density at radius 3 is 1.48 bits per heavy atom. The van der Waals surface area contributed by atoms with Gasteiger partial charge in [-0.3, -0.25) is 9.80 Å². The Balaban J connectivity index is 1.75. The maximum Gasteiger partial charge on any atom is 0.329 e. The van der Waals surface area contributed by atoms with Gasteiger partial charge in [-0.25, -0.2) is 13.2 Å². The maximum atomic E-state index is 13.2. The molecule has 2 heterocycles. The number of hydrogen-bond acceptors (Lipinski definition) is 5. The summed E-state index contributed by atoms with van der Waals surface area (Å²) < 4.78 is 34.9. The molecule has 2 aromatic carbocycles. The molecule has 0 N–H and O–H groups in total. The maximum absolute atomic E-state index is 13.2. The van der Waals surface area contributed by atoms with E-state index in [1.54, 1.807) is 72.6 Å². The minimum absolute atomic E-state index is 0.0396. The molecule has 4 rings (SSSR count). The highest BCUT2D eigenvalue weighted by Gasteiger charge is 2.54. The molecule has 2 saturated heterocycles. The van der Waals surface area contributed by atoms with Crippen molar-refractivity contribution >= 4 is 27.2 Å². The van der Waals surface area contributed by atoms with E-state index < -0.39 is 21.9 Å². The molecule has 8 heteroatoms. The van der Waals surface area contributed by atoms with Gasteiger partial charge < -0.3 is 9.47 Å². The number of nitrogens with zero attached hydrogens (tertiary/aromatic N) is 2. The number of benzene rings is 2. The van der Waals surface area contributed by atoms with Gasteiger partial charge in [0.15, 0.2) is 9.84 Å². The second kappa shape index (κ2) is 6.45. The molecule has 0 aromatic heterocycles. The molecule has 7 nitrogen and oxygen atoms in total. The van der Waals surface area contributed by atoms with Crippen LogP contribution in [0.2, 0.25) is 0 Å². The zero-order valence-corrected chi connectivity index (χ0v) is 15.8. The Hall–Kier alpha value is -2.74. The number of anilines is 2. The third-order valence-corrected chi connectivity index (χ3v) is 6.77. The molecule has 2 aliphatic heterocycles. The first-order chi connectivity index (χ1) is 12.9. The van der Waals surface area contributed by atoms with E-state index in [0.717, 1.165) is 0 Å². The molecular formula is C19H20N2O5S. The van der Waals surface area contributed by atoms with Crippen molar-refractivity contribution in [1.82, 2.24) is 0 Å². The van der Waals surface area contributed by atoms with Crippen LogP contribution in [0.25, 0.3) is 0 Å².